The van der Waals surface area contributed by atoms with E-state index in [0.717, 1.165) is 52.9 Å². The van der Waals surface area contributed by atoms with Crippen LogP contribution < -0.4 is 4.74 Å². The first kappa shape index (κ1) is 29.9. The van der Waals surface area contributed by atoms with Gasteiger partial charge < -0.3 is 4.74 Å². The Bertz CT molecular complexity index is 1040. The van der Waals surface area contributed by atoms with Crippen molar-refractivity contribution in [2.24, 2.45) is 0 Å². The quantitative estimate of drug-likeness (QED) is 0.149. The van der Waals surface area contributed by atoms with Gasteiger partial charge in [0, 0.05) is 11.4 Å². The minimum absolute atomic E-state index is 0.539. The second kappa shape index (κ2) is 17.1. The van der Waals surface area contributed by atoms with Crippen molar-refractivity contribution in [2.75, 3.05) is 0 Å². The Balaban J connectivity index is 1.47. The Morgan fingerprint density at radius 3 is 1.71 bits per heavy atom. The predicted molar refractivity (Wildman–Crippen MR) is 160 cm³/mol. The van der Waals surface area contributed by atoms with Crippen molar-refractivity contribution in [3.05, 3.63) is 70.8 Å². The van der Waals surface area contributed by atoms with E-state index < -0.39 is 0 Å². The van der Waals surface area contributed by atoms with Gasteiger partial charge >= 0.3 is 0 Å². The molecule has 0 N–H and O–H groups in total. The summed E-state index contributed by atoms with van der Waals surface area (Å²) in [7, 11) is 0. The summed E-state index contributed by atoms with van der Waals surface area (Å²) < 4.78 is 8.46. The lowest BCUT2D eigenvalue weighted by Gasteiger charge is -2.16. The highest BCUT2D eigenvalue weighted by Crippen LogP contribution is 2.26. The van der Waals surface area contributed by atoms with E-state index in [4.69, 9.17) is 14.7 Å². The van der Waals surface area contributed by atoms with Gasteiger partial charge in [0.25, 0.3) is 0 Å². The van der Waals surface area contributed by atoms with Gasteiger partial charge in [-0.05, 0) is 51.3 Å². The van der Waals surface area contributed by atoms with Crippen molar-refractivity contribution in [1.82, 2.24) is 14.5 Å². The number of aryl methyl sites for hydroxylation is 4. The molecule has 0 aliphatic carbocycles. The number of ether oxygens (including phenoxy) is 1. The molecule has 0 fully saturated rings. The normalized spacial score (nSPS) is 11.3. The number of nitrogens with zero attached hydrogens (tertiary/aromatic N) is 3. The lowest BCUT2D eigenvalue weighted by atomic mass is 10.0. The lowest BCUT2D eigenvalue weighted by molar-refractivity contribution is 0.296. The Hall–Kier alpha value is -2.62. The molecule has 0 aliphatic heterocycles. The van der Waals surface area contributed by atoms with Gasteiger partial charge in [-0.25, -0.2) is 9.97 Å². The summed E-state index contributed by atoms with van der Waals surface area (Å²) in [5, 5.41) is 0. The minimum atomic E-state index is 0.539. The van der Waals surface area contributed by atoms with Gasteiger partial charge in [-0.3, -0.25) is 4.57 Å². The zero-order chi connectivity index (χ0) is 27.0. The molecule has 0 unspecified atom stereocenters. The van der Waals surface area contributed by atoms with Crippen LogP contribution in [0.4, 0.5) is 0 Å². The summed E-state index contributed by atoms with van der Waals surface area (Å²) >= 11 is 0. The van der Waals surface area contributed by atoms with Crippen LogP contribution in [0, 0.1) is 20.8 Å². The van der Waals surface area contributed by atoms with E-state index in [1.165, 1.54) is 83.5 Å². The zero-order valence-electron chi connectivity index (χ0n) is 24.6. The van der Waals surface area contributed by atoms with Crippen molar-refractivity contribution in [3.63, 3.8) is 0 Å². The Morgan fingerprint density at radius 1 is 0.632 bits per heavy atom. The molecule has 208 valence electrons. The highest BCUT2D eigenvalue weighted by molar-refractivity contribution is 5.38. The molecule has 4 heteroatoms. The molecule has 1 aromatic carbocycles. The van der Waals surface area contributed by atoms with Gasteiger partial charge in [0.05, 0.1) is 11.4 Å². The highest BCUT2D eigenvalue weighted by atomic mass is 16.5. The minimum Gasteiger partial charge on any atom is -0.485 e. The second-order valence-corrected chi connectivity index (χ2v) is 11.0. The van der Waals surface area contributed by atoms with E-state index in [1.807, 2.05) is 13.0 Å². The third kappa shape index (κ3) is 9.93. The molecule has 0 saturated carbocycles. The summed E-state index contributed by atoms with van der Waals surface area (Å²) in [4.78, 5) is 9.89. The average Bonchev–Trinajstić information content (AvgIpc) is 3.26. The molecule has 3 rings (SSSR count). The number of hydrogen-bond donors (Lipinski definition) is 0. The summed E-state index contributed by atoms with van der Waals surface area (Å²) in [5.41, 5.74) is 5.42. The maximum atomic E-state index is 6.32. The van der Waals surface area contributed by atoms with Crippen molar-refractivity contribution < 1.29 is 4.74 Å². The summed E-state index contributed by atoms with van der Waals surface area (Å²) in [6.07, 6.45) is 20.1. The Morgan fingerprint density at radius 2 is 1.16 bits per heavy atom. The number of unbranched alkanes of at least 4 members (excludes halogenated alkanes) is 13. The predicted octanol–water partition coefficient (Wildman–Crippen LogP) is 9.80. The fourth-order valence-electron chi connectivity index (χ4n) is 5.26. The molecule has 2 heterocycles. The van der Waals surface area contributed by atoms with Crippen LogP contribution in [0.5, 0.6) is 5.75 Å². The topological polar surface area (TPSA) is 39.9 Å². The molecule has 3 aromatic rings. The summed E-state index contributed by atoms with van der Waals surface area (Å²) in [6.45, 7) is 9.10. The molecular weight excluding hydrogens is 466 g/mol. The maximum absolute atomic E-state index is 6.32. The van der Waals surface area contributed by atoms with E-state index in [2.05, 4.69) is 61.7 Å². The van der Waals surface area contributed by atoms with Crippen LogP contribution >= 0.6 is 0 Å². The zero-order valence-corrected chi connectivity index (χ0v) is 24.6. The van der Waals surface area contributed by atoms with Gasteiger partial charge in [-0.15, -0.1) is 0 Å². The SMILES string of the molecule is CCCCCCCCCCCCCCCCc1nc(-n2c(C)ccc2C)nc(C)c1OCc1ccccc1. The van der Waals surface area contributed by atoms with Crippen LogP contribution in [-0.2, 0) is 13.0 Å². The van der Waals surface area contributed by atoms with Crippen molar-refractivity contribution >= 4 is 0 Å². The van der Waals surface area contributed by atoms with Crippen molar-refractivity contribution in [3.8, 4) is 11.7 Å². The molecule has 0 aliphatic rings. The van der Waals surface area contributed by atoms with Crippen LogP contribution in [-0.4, -0.2) is 14.5 Å². The fourth-order valence-corrected chi connectivity index (χ4v) is 5.26. The molecular formula is C34H51N3O. The highest BCUT2D eigenvalue weighted by Gasteiger charge is 2.16. The molecule has 0 amide bonds. The Kier molecular flexibility index (Phi) is 13.4. The first-order valence-corrected chi connectivity index (χ1v) is 15.3. The summed E-state index contributed by atoms with van der Waals surface area (Å²) in [5.74, 6) is 1.62. The molecule has 0 saturated heterocycles. The van der Waals surface area contributed by atoms with Gasteiger partial charge in [-0.2, -0.15) is 0 Å². The number of benzene rings is 1. The molecule has 38 heavy (non-hydrogen) atoms. The van der Waals surface area contributed by atoms with Gasteiger partial charge in [0.2, 0.25) is 5.95 Å². The van der Waals surface area contributed by atoms with Crippen LogP contribution in [0.2, 0.25) is 0 Å². The first-order chi connectivity index (χ1) is 18.6. The number of hydrogen-bond acceptors (Lipinski definition) is 3. The maximum Gasteiger partial charge on any atom is 0.234 e. The van der Waals surface area contributed by atoms with Gasteiger partial charge in [0.1, 0.15) is 6.61 Å². The van der Waals surface area contributed by atoms with Crippen molar-refractivity contribution in [1.29, 1.82) is 0 Å². The van der Waals surface area contributed by atoms with Crippen molar-refractivity contribution in [2.45, 2.75) is 131 Å². The number of aromatic nitrogens is 3. The van der Waals surface area contributed by atoms with Gasteiger partial charge in [-0.1, -0.05) is 121 Å². The largest absolute Gasteiger partial charge is 0.485 e. The molecule has 0 spiro atoms. The number of rotatable bonds is 19. The van der Waals surface area contributed by atoms with Crippen LogP contribution in [0.1, 0.15) is 125 Å². The summed E-state index contributed by atoms with van der Waals surface area (Å²) in [6, 6.07) is 14.6. The third-order valence-electron chi connectivity index (χ3n) is 7.56. The van der Waals surface area contributed by atoms with Crippen LogP contribution in [0.15, 0.2) is 42.5 Å². The molecule has 4 nitrogen and oxygen atoms in total. The first-order valence-electron chi connectivity index (χ1n) is 15.3. The molecule has 0 atom stereocenters. The van der Waals surface area contributed by atoms with E-state index in [-0.39, 0.29) is 0 Å². The van der Waals surface area contributed by atoms with Gasteiger partial charge in [0.15, 0.2) is 5.75 Å². The lowest BCUT2D eigenvalue weighted by Crippen LogP contribution is -2.11. The second-order valence-electron chi connectivity index (χ2n) is 11.0. The van der Waals surface area contributed by atoms with E-state index in [1.54, 1.807) is 0 Å². The van der Waals surface area contributed by atoms with E-state index in [0.29, 0.717) is 6.61 Å². The van der Waals surface area contributed by atoms with E-state index >= 15 is 0 Å². The Labute approximate surface area is 232 Å². The van der Waals surface area contributed by atoms with Crippen LogP contribution in [0.3, 0.4) is 0 Å². The monoisotopic (exact) mass is 517 g/mol. The van der Waals surface area contributed by atoms with E-state index in [9.17, 15) is 0 Å². The molecule has 0 bridgehead atoms. The average molecular weight is 518 g/mol. The van der Waals surface area contributed by atoms with Crippen LogP contribution in [0.25, 0.3) is 5.95 Å². The fraction of sp³-hybridized carbons (Fsp3) is 0.588. The molecule has 2 aromatic heterocycles. The molecule has 0 radical (unpaired) electrons. The third-order valence-corrected chi connectivity index (χ3v) is 7.56. The standard InChI is InChI=1S/C34H51N3O/c1-5-6-7-8-9-10-11-12-13-14-15-16-17-21-24-32-33(38-27-31-22-19-18-20-23-31)30(4)35-34(36-32)37-28(2)25-26-29(37)3/h18-20,22-23,25-26H,5-17,21,24,27H2,1-4H3. The smallest absolute Gasteiger partial charge is 0.234 e.